The number of aliphatic hydroxyl groups excluding tert-OH is 1. The van der Waals surface area contributed by atoms with Crippen LogP contribution >= 0.6 is 0 Å². The van der Waals surface area contributed by atoms with E-state index in [9.17, 15) is 23.1 Å². The Balaban J connectivity index is 2.45. The zero-order valence-corrected chi connectivity index (χ0v) is 18.3. The van der Waals surface area contributed by atoms with Crippen molar-refractivity contribution in [1.29, 1.82) is 0 Å². The lowest BCUT2D eigenvalue weighted by Crippen LogP contribution is -2.26. The third-order valence-corrected chi connectivity index (χ3v) is 4.70. The van der Waals surface area contributed by atoms with Gasteiger partial charge in [0.2, 0.25) is 5.91 Å². The number of ether oxygens (including phenoxy) is 1. The molecule has 1 aromatic carbocycles. The normalized spacial score (nSPS) is 13.9. The second kappa shape index (κ2) is 12.8. The Morgan fingerprint density at radius 1 is 1.20 bits per heavy atom. The van der Waals surface area contributed by atoms with Crippen LogP contribution in [-0.4, -0.2) is 45.1 Å². The minimum absolute atomic E-state index is 0.0485. The van der Waals surface area contributed by atoms with Gasteiger partial charge >= 0.3 is 0 Å². The molecule has 0 radical (unpaired) electrons. The van der Waals surface area contributed by atoms with E-state index in [0.717, 1.165) is 48.0 Å². The molecule has 0 fully saturated rings. The van der Waals surface area contributed by atoms with E-state index in [0.29, 0.717) is 17.9 Å². The van der Waals surface area contributed by atoms with Crippen molar-refractivity contribution in [1.82, 2.24) is 5.32 Å². The predicted molar refractivity (Wildman–Crippen MR) is 117 cm³/mol. The first-order chi connectivity index (χ1) is 14.1. The number of sulfone groups is 1. The number of hydrogen-bond donors (Lipinski definition) is 2. The van der Waals surface area contributed by atoms with Crippen molar-refractivity contribution in [2.45, 2.75) is 32.8 Å². The molecule has 30 heavy (non-hydrogen) atoms. The third-order valence-electron chi connectivity index (χ3n) is 4.07. The molecule has 2 N–H and O–H groups in total. The third kappa shape index (κ3) is 11.3. The first kappa shape index (κ1) is 25.3. The van der Waals surface area contributed by atoms with Crippen LogP contribution in [0.2, 0.25) is 0 Å². The van der Waals surface area contributed by atoms with Gasteiger partial charge in [-0.1, -0.05) is 23.8 Å². The lowest BCUT2D eigenvalue weighted by molar-refractivity contribution is -0.117. The maximum absolute atomic E-state index is 11.5. The predicted octanol–water partition coefficient (Wildman–Crippen LogP) is 2.65. The minimum atomic E-state index is -3.37. The quantitative estimate of drug-likeness (QED) is 0.297. The largest absolute Gasteiger partial charge is 0.490 e. The van der Waals surface area contributed by atoms with Crippen LogP contribution in [0.25, 0.3) is 0 Å². The van der Waals surface area contributed by atoms with Crippen LogP contribution in [0.4, 0.5) is 0 Å². The number of rotatable bonds is 12. The molecule has 0 aliphatic rings. The van der Waals surface area contributed by atoms with Crippen LogP contribution in [0.1, 0.15) is 38.4 Å². The monoisotopic (exact) mass is 435 g/mol. The van der Waals surface area contributed by atoms with E-state index in [-0.39, 0.29) is 6.54 Å². The van der Waals surface area contributed by atoms with Crippen LogP contribution < -0.4 is 10.1 Å². The number of amides is 1. The Labute approximate surface area is 178 Å². The second-order valence-electron chi connectivity index (χ2n) is 6.93. The Morgan fingerprint density at radius 3 is 2.47 bits per heavy atom. The van der Waals surface area contributed by atoms with Gasteiger partial charge in [0.25, 0.3) is 0 Å². The summed E-state index contributed by atoms with van der Waals surface area (Å²) in [6.07, 6.45) is 7.35. The SMILES string of the molecule is CC(C=O)=CCCC(C)=CCOc1ccc(C(O)CNC(=O)C=CS(C)(=O)=O)cc1. The molecule has 1 aromatic rings. The van der Waals surface area contributed by atoms with Crippen LogP contribution in [0, 0.1) is 0 Å². The average Bonchev–Trinajstić information content (AvgIpc) is 2.70. The number of aliphatic hydroxyl groups is 1. The van der Waals surface area contributed by atoms with Gasteiger partial charge in [-0.15, -0.1) is 0 Å². The molecule has 8 heteroatoms. The number of benzene rings is 1. The van der Waals surface area contributed by atoms with Gasteiger partial charge in [-0.3, -0.25) is 9.59 Å². The molecule has 1 rings (SSSR count). The van der Waals surface area contributed by atoms with Gasteiger partial charge in [-0.05, 0) is 56.0 Å². The highest BCUT2D eigenvalue weighted by Crippen LogP contribution is 2.18. The van der Waals surface area contributed by atoms with E-state index in [2.05, 4.69) is 5.32 Å². The topological polar surface area (TPSA) is 110 Å². The molecule has 0 bridgehead atoms. The summed E-state index contributed by atoms with van der Waals surface area (Å²) in [5.74, 6) is 0.0465. The molecular weight excluding hydrogens is 406 g/mol. The van der Waals surface area contributed by atoms with Gasteiger partial charge in [0.1, 0.15) is 18.6 Å². The van der Waals surface area contributed by atoms with E-state index < -0.39 is 21.8 Å². The minimum Gasteiger partial charge on any atom is -0.490 e. The second-order valence-corrected chi connectivity index (χ2v) is 8.86. The zero-order valence-electron chi connectivity index (χ0n) is 17.5. The Morgan fingerprint density at radius 2 is 1.87 bits per heavy atom. The van der Waals surface area contributed by atoms with Gasteiger partial charge in [-0.25, -0.2) is 8.42 Å². The van der Waals surface area contributed by atoms with Gasteiger partial charge in [0, 0.05) is 24.3 Å². The number of nitrogens with one attached hydrogen (secondary N) is 1. The number of allylic oxidation sites excluding steroid dienone is 3. The molecule has 0 saturated carbocycles. The Hall–Kier alpha value is -2.71. The molecule has 7 nitrogen and oxygen atoms in total. The summed E-state index contributed by atoms with van der Waals surface area (Å²) in [4.78, 5) is 22.1. The number of carbonyl (C=O) groups excluding carboxylic acids is 2. The summed E-state index contributed by atoms with van der Waals surface area (Å²) in [6.45, 7) is 4.14. The van der Waals surface area contributed by atoms with Crippen LogP contribution in [0.3, 0.4) is 0 Å². The summed E-state index contributed by atoms with van der Waals surface area (Å²) in [7, 11) is -3.37. The van der Waals surface area contributed by atoms with Crippen molar-refractivity contribution in [3.8, 4) is 5.75 Å². The van der Waals surface area contributed by atoms with E-state index in [1.165, 1.54) is 0 Å². The summed E-state index contributed by atoms with van der Waals surface area (Å²) in [5.41, 5.74) is 2.49. The van der Waals surface area contributed by atoms with Crippen LogP contribution in [0.5, 0.6) is 5.75 Å². The molecule has 0 aliphatic heterocycles. The highest BCUT2D eigenvalue weighted by molar-refractivity contribution is 7.93. The fourth-order valence-corrected chi connectivity index (χ4v) is 2.67. The summed E-state index contributed by atoms with van der Waals surface area (Å²) in [5, 5.41) is 13.4. The average molecular weight is 436 g/mol. The first-order valence-corrected chi connectivity index (χ1v) is 11.4. The van der Waals surface area contributed by atoms with Crippen LogP contribution in [0.15, 0.2) is 59.0 Å². The van der Waals surface area contributed by atoms with E-state index in [1.54, 1.807) is 31.2 Å². The fourth-order valence-electron chi connectivity index (χ4n) is 2.30. The highest BCUT2D eigenvalue weighted by Gasteiger charge is 2.09. The van der Waals surface area contributed by atoms with Crippen molar-refractivity contribution in [2.24, 2.45) is 0 Å². The van der Waals surface area contributed by atoms with E-state index in [1.807, 2.05) is 19.1 Å². The Kier molecular flexibility index (Phi) is 10.8. The van der Waals surface area contributed by atoms with Gasteiger partial charge < -0.3 is 15.2 Å². The number of hydrogen-bond acceptors (Lipinski definition) is 6. The van der Waals surface area contributed by atoms with E-state index in [4.69, 9.17) is 4.74 Å². The van der Waals surface area contributed by atoms with Crippen molar-refractivity contribution in [3.63, 3.8) is 0 Å². The lowest BCUT2D eigenvalue weighted by Gasteiger charge is -2.12. The van der Waals surface area contributed by atoms with Crippen molar-refractivity contribution in [2.75, 3.05) is 19.4 Å². The van der Waals surface area contributed by atoms with Gasteiger partial charge in [-0.2, -0.15) is 0 Å². The molecule has 0 saturated heterocycles. The summed E-state index contributed by atoms with van der Waals surface area (Å²) in [6, 6.07) is 6.84. The lowest BCUT2D eigenvalue weighted by atomic mass is 10.1. The first-order valence-electron chi connectivity index (χ1n) is 9.45. The molecule has 1 amide bonds. The molecular formula is C22H29NO6S. The maximum atomic E-state index is 11.5. The molecule has 1 atom stereocenters. The molecule has 0 aliphatic carbocycles. The highest BCUT2D eigenvalue weighted by atomic mass is 32.2. The zero-order chi connectivity index (χ0) is 22.6. The van der Waals surface area contributed by atoms with Crippen molar-refractivity contribution in [3.05, 3.63) is 64.6 Å². The number of carbonyl (C=O) groups is 2. The van der Waals surface area contributed by atoms with Crippen molar-refractivity contribution >= 4 is 22.0 Å². The smallest absolute Gasteiger partial charge is 0.244 e. The summed E-state index contributed by atoms with van der Waals surface area (Å²) < 4.78 is 27.6. The number of aldehydes is 1. The molecule has 0 spiro atoms. The van der Waals surface area contributed by atoms with Crippen molar-refractivity contribution < 1.29 is 27.9 Å². The Bertz CT molecular complexity index is 898. The molecule has 164 valence electrons. The molecule has 1 unspecified atom stereocenters. The molecule has 0 aromatic heterocycles. The van der Waals surface area contributed by atoms with Crippen LogP contribution in [-0.2, 0) is 19.4 Å². The molecule has 0 heterocycles. The standard InChI is InChI=1S/C22H29NO6S/c1-17(5-4-6-18(2)16-24)11-13-29-20-9-7-19(8-10-20)21(25)15-23-22(26)12-14-30(3,27)28/h6-12,14,16,21,25H,4-5,13,15H2,1-3H3,(H,23,26). The summed E-state index contributed by atoms with van der Waals surface area (Å²) >= 11 is 0. The fraction of sp³-hybridized carbons (Fsp3) is 0.364. The van der Waals surface area contributed by atoms with E-state index >= 15 is 0 Å². The maximum Gasteiger partial charge on any atom is 0.244 e. The van der Waals surface area contributed by atoms with Gasteiger partial charge in [0.15, 0.2) is 9.84 Å². The van der Waals surface area contributed by atoms with Gasteiger partial charge in [0.05, 0.1) is 6.10 Å².